The van der Waals surface area contributed by atoms with Gasteiger partial charge in [-0.1, -0.05) is 24.8 Å². The lowest BCUT2D eigenvalue weighted by molar-refractivity contribution is -0.137. The molecule has 7 N–H and O–H groups in total. The zero-order chi connectivity index (χ0) is 21.8. The first-order valence-corrected chi connectivity index (χ1v) is 8.82. The molecule has 0 spiro atoms. The average Bonchev–Trinajstić information content (AvgIpc) is 3.03. The second-order valence-corrected chi connectivity index (χ2v) is 7.05. The largest absolute Gasteiger partial charge is 0.511 e. The van der Waals surface area contributed by atoms with Gasteiger partial charge in [-0.3, -0.25) is 4.79 Å². The number of carboxylic acid groups (broad SMARTS) is 1. The standard InChI is InChI=1S/C16H16N2O2.C5H9NO3/c1-16(2,19)11-8-14-13(9-12(11)17)18-15(20-14)10-6-4-3-5-7-10;1-3(7)4(6)2-5(8)9/h3-9,19H,17H2,1-2H3;4,7H,1-2,6H2,(H,8,9). The van der Waals surface area contributed by atoms with Crippen molar-refractivity contribution < 1.29 is 24.5 Å². The van der Waals surface area contributed by atoms with Gasteiger partial charge in [-0.05, 0) is 38.1 Å². The molecule has 1 heterocycles. The number of aromatic nitrogens is 1. The highest BCUT2D eigenvalue weighted by Gasteiger charge is 2.21. The number of aliphatic hydroxyl groups is 2. The third kappa shape index (κ3) is 5.81. The van der Waals surface area contributed by atoms with Gasteiger partial charge in [0.15, 0.2) is 5.58 Å². The van der Waals surface area contributed by atoms with Crippen LogP contribution in [-0.2, 0) is 10.4 Å². The van der Waals surface area contributed by atoms with Gasteiger partial charge in [0, 0.05) is 16.8 Å². The first-order chi connectivity index (χ1) is 13.5. The van der Waals surface area contributed by atoms with Gasteiger partial charge >= 0.3 is 5.97 Å². The average molecular weight is 399 g/mol. The SMILES string of the molecule is C=C(O)C(N)CC(=O)O.CC(C)(O)c1cc2oc(-c3ccccc3)nc2cc1N. The third-order valence-electron chi connectivity index (χ3n) is 4.06. The molecular formula is C21H25N3O5. The van der Waals surface area contributed by atoms with E-state index in [0.29, 0.717) is 28.2 Å². The Morgan fingerprint density at radius 1 is 1.24 bits per heavy atom. The Labute approximate surface area is 168 Å². The minimum Gasteiger partial charge on any atom is -0.511 e. The number of nitrogens with two attached hydrogens (primary N) is 2. The molecule has 0 aliphatic rings. The molecule has 8 heteroatoms. The fraction of sp³-hybridized carbons (Fsp3) is 0.238. The Balaban J connectivity index is 0.000000284. The number of hydrogen-bond acceptors (Lipinski definition) is 7. The maximum absolute atomic E-state index is 10.1. The molecule has 0 aliphatic heterocycles. The molecule has 0 saturated carbocycles. The summed E-state index contributed by atoms with van der Waals surface area (Å²) in [7, 11) is 0. The number of fused-ring (bicyclic) bond motifs is 1. The van der Waals surface area contributed by atoms with E-state index in [2.05, 4.69) is 11.6 Å². The molecule has 0 aliphatic carbocycles. The van der Waals surface area contributed by atoms with Crippen molar-refractivity contribution >= 4 is 22.8 Å². The molecule has 1 atom stereocenters. The first kappa shape index (κ1) is 21.9. The van der Waals surface area contributed by atoms with Gasteiger partial charge in [0.25, 0.3) is 0 Å². The molecule has 8 nitrogen and oxygen atoms in total. The van der Waals surface area contributed by atoms with Crippen LogP contribution in [0.1, 0.15) is 25.8 Å². The molecule has 0 amide bonds. The van der Waals surface area contributed by atoms with Crippen LogP contribution in [0.2, 0.25) is 0 Å². The smallest absolute Gasteiger partial charge is 0.305 e. The van der Waals surface area contributed by atoms with E-state index >= 15 is 0 Å². The Morgan fingerprint density at radius 2 is 1.86 bits per heavy atom. The van der Waals surface area contributed by atoms with E-state index in [9.17, 15) is 9.90 Å². The predicted molar refractivity (Wildman–Crippen MR) is 111 cm³/mol. The van der Waals surface area contributed by atoms with Crippen LogP contribution in [0.5, 0.6) is 0 Å². The van der Waals surface area contributed by atoms with Gasteiger partial charge in [-0.25, -0.2) is 4.98 Å². The van der Waals surface area contributed by atoms with Crippen LogP contribution in [0, 0.1) is 0 Å². The van der Waals surface area contributed by atoms with Crippen molar-refractivity contribution in [1.82, 2.24) is 4.98 Å². The second kappa shape index (κ2) is 8.76. The molecule has 29 heavy (non-hydrogen) atoms. The maximum Gasteiger partial charge on any atom is 0.305 e. The number of nitrogen functional groups attached to an aromatic ring is 1. The summed E-state index contributed by atoms with van der Waals surface area (Å²) >= 11 is 0. The van der Waals surface area contributed by atoms with E-state index < -0.39 is 17.6 Å². The van der Waals surface area contributed by atoms with Gasteiger partial charge in [0.1, 0.15) is 11.3 Å². The number of anilines is 1. The van der Waals surface area contributed by atoms with E-state index in [1.54, 1.807) is 26.0 Å². The zero-order valence-corrected chi connectivity index (χ0v) is 16.3. The lowest BCUT2D eigenvalue weighted by Crippen LogP contribution is -2.25. The number of carbonyl (C=O) groups is 1. The minimum atomic E-state index is -1.04. The van der Waals surface area contributed by atoms with Crippen molar-refractivity contribution in [3.05, 3.63) is 60.4 Å². The van der Waals surface area contributed by atoms with Gasteiger partial charge in [-0.15, -0.1) is 0 Å². The Kier molecular flexibility index (Phi) is 6.63. The summed E-state index contributed by atoms with van der Waals surface area (Å²) in [6.07, 6.45) is -0.282. The summed E-state index contributed by atoms with van der Waals surface area (Å²) in [5.74, 6) is -0.789. The van der Waals surface area contributed by atoms with Crippen LogP contribution in [0.4, 0.5) is 5.69 Å². The van der Waals surface area contributed by atoms with Crippen LogP contribution in [0.25, 0.3) is 22.6 Å². The Morgan fingerprint density at radius 3 is 2.34 bits per heavy atom. The minimum absolute atomic E-state index is 0.282. The number of nitrogens with zero attached hydrogens (tertiary/aromatic N) is 1. The molecule has 0 fully saturated rings. The van der Waals surface area contributed by atoms with Crippen LogP contribution in [0.15, 0.2) is 59.2 Å². The highest BCUT2D eigenvalue weighted by atomic mass is 16.4. The van der Waals surface area contributed by atoms with Crippen LogP contribution in [-0.4, -0.2) is 32.3 Å². The quantitative estimate of drug-likeness (QED) is 0.323. The highest BCUT2D eigenvalue weighted by molar-refractivity contribution is 5.81. The number of carboxylic acids is 1. The van der Waals surface area contributed by atoms with E-state index in [4.69, 9.17) is 26.1 Å². The van der Waals surface area contributed by atoms with Crippen molar-refractivity contribution in [3.63, 3.8) is 0 Å². The number of aliphatic hydroxyl groups excluding tert-OH is 1. The topological polar surface area (TPSA) is 156 Å². The number of aliphatic carboxylic acids is 1. The molecule has 0 saturated heterocycles. The number of hydrogen-bond donors (Lipinski definition) is 5. The van der Waals surface area contributed by atoms with Crippen LogP contribution < -0.4 is 11.5 Å². The fourth-order valence-electron chi connectivity index (χ4n) is 2.53. The Bertz CT molecular complexity index is 1010. The summed E-state index contributed by atoms with van der Waals surface area (Å²) in [4.78, 5) is 14.3. The molecule has 3 rings (SSSR count). The highest BCUT2D eigenvalue weighted by Crippen LogP contribution is 2.32. The molecule has 2 aromatic carbocycles. The van der Waals surface area contributed by atoms with Crippen molar-refractivity contribution in [1.29, 1.82) is 0 Å². The molecule has 3 aromatic rings. The summed E-state index contributed by atoms with van der Waals surface area (Å²) in [6.45, 7) is 6.46. The molecule has 154 valence electrons. The lowest BCUT2D eigenvalue weighted by atomic mass is 9.96. The molecule has 0 bridgehead atoms. The van der Waals surface area contributed by atoms with Crippen molar-refractivity contribution in [2.24, 2.45) is 5.73 Å². The predicted octanol–water partition coefficient (Wildman–Crippen LogP) is 3.16. The summed E-state index contributed by atoms with van der Waals surface area (Å²) < 4.78 is 5.77. The zero-order valence-electron chi connectivity index (χ0n) is 16.3. The normalized spacial score (nSPS) is 12.1. The maximum atomic E-state index is 10.1. The number of rotatable bonds is 5. The molecular weight excluding hydrogens is 374 g/mol. The van der Waals surface area contributed by atoms with Crippen LogP contribution >= 0.6 is 0 Å². The van der Waals surface area contributed by atoms with E-state index in [-0.39, 0.29) is 12.2 Å². The lowest BCUT2D eigenvalue weighted by Gasteiger charge is -2.19. The van der Waals surface area contributed by atoms with Gasteiger partial charge in [0.05, 0.1) is 18.1 Å². The van der Waals surface area contributed by atoms with Gasteiger partial charge in [0.2, 0.25) is 5.89 Å². The monoisotopic (exact) mass is 399 g/mol. The number of benzene rings is 2. The summed E-state index contributed by atoms with van der Waals surface area (Å²) in [5, 5.41) is 26.7. The van der Waals surface area contributed by atoms with Crippen LogP contribution in [0.3, 0.4) is 0 Å². The molecule has 0 radical (unpaired) electrons. The summed E-state index contributed by atoms with van der Waals surface area (Å²) in [6, 6.07) is 12.3. The van der Waals surface area contributed by atoms with E-state index in [0.717, 1.165) is 5.56 Å². The summed E-state index contributed by atoms with van der Waals surface area (Å²) in [5.41, 5.74) is 13.4. The van der Waals surface area contributed by atoms with Crippen molar-refractivity contribution in [2.75, 3.05) is 5.73 Å². The van der Waals surface area contributed by atoms with E-state index in [1.165, 1.54) is 0 Å². The van der Waals surface area contributed by atoms with Crippen molar-refractivity contribution in [2.45, 2.75) is 31.9 Å². The molecule has 1 unspecified atom stereocenters. The fourth-order valence-corrected chi connectivity index (χ4v) is 2.53. The Hall–Kier alpha value is -3.36. The van der Waals surface area contributed by atoms with Gasteiger partial charge < -0.3 is 31.2 Å². The molecule has 1 aromatic heterocycles. The first-order valence-electron chi connectivity index (χ1n) is 8.82. The number of oxazole rings is 1. The second-order valence-electron chi connectivity index (χ2n) is 7.05. The van der Waals surface area contributed by atoms with Gasteiger partial charge in [-0.2, -0.15) is 0 Å². The van der Waals surface area contributed by atoms with Crippen molar-refractivity contribution in [3.8, 4) is 11.5 Å². The van der Waals surface area contributed by atoms with E-state index in [1.807, 2.05) is 30.3 Å². The third-order valence-corrected chi connectivity index (χ3v) is 4.06.